The number of hydrogen-bond donors (Lipinski definition) is 1. The molecular weight excluding hydrogens is 302 g/mol. The van der Waals surface area contributed by atoms with E-state index >= 15 is 0 Å². The first-order valence-corrected chi connectivity index (χ1v) is 10.9. The Bertz CT molecular complexity index is 658. The summed E-state index contributed by atoms with van der Waals surface area (Å²) in [5.74, 6) is -0.00567. The van der Waals surface area contributed by atoms with Crippen LogP contribution < -0.4 is 0 Å². The van der Waals surface area contributed by atoms with Crippen LogP contribution in [0, 0.1) is 0 Å². The van der Waals surface area contributed by atoms with Crippen LogP contribution in [0.5, 0.6) is 0 Å². The third-order valence-corrected chi connectivity index (χ3v) is 8.40. The number of aromatic nitrogens is 1. The predicted molar refractivity (Wildman–Crippen MR) is 96.2 cm³/mol. The van der Waals surface area contributed by atoms with Crippen molar-refractivity contribution in [3.63, 3.8) is 0 Å². The molecule has 122 valence electrons. The molecule has 0 aliphatic heterocycles. The lowest BCUT2D eigenvalue weighted by molar-refractivity contribution is 0.103. The Morgan fingerprint density at radius 3 is 2.30 bits per heavy atom. The van der Waals surface area contributed by atoms with Crippen LogP contribution in [0.25, 0.3) is 0 Å². The van der Waals surface area contributed by atoms with Crippen LogP contribution >= 0.6 is 0 Å². The van der Waals surface area contributed by atoms with Gasteiger partial charge in [0.05, 0.1) is 0 Å². The third kappa shape index (κ3) is 4.36. The summed E-state index contributed by atoms with van der Waals surface area (Å²) < 4.78 is 0. The minimum Gasteiger partial charge on any atom is -0.432 e. The summed E-state index contributed by atoms with van der Waals surface area (Å²) in [4.78, 5) is 26.7. The fraction of sp³-hybridized carbons (Fsp3) is 0.368. The van der Waals surface area contributed by atoms with Crippen molar-refractivity contribution in [1.82, 2.24) is 4.98 Å². The van der Waals surface area contributed by atoms with E-state index in [0.717, 1.165) is 12.8 Å². The van der Waals surface area contributed by atoms with Crippen molar-refractivity contribution >= 4 is 14.1 Å². The zero-order valence-corrected chi connectivity index (χ0v) is 15.3. The molecule has 4 heteroatoms. The largest absolute Gasteiger partial charge is 0.432 e. The Hall–Kier alpha value is -1.78. The molecule has 1 aromatic heterocycles. The zero-order chi connectivity index (χ0) is 17.1. The van der Waals surface area contributed by atoms with Crippen molar-refractivity contribution in [1.29, 1.82) is 0 Å². The molecule has 0 amide bonds. The average Bonchev–Trinajstić information content (AvgIpc) is 2.52. The normalized spacial score (nSPS) is 12.2. The van der Waals surface area contributed by atoms with Gasteiger partial charge >= 0.3 is 0 Å². The summed E-state index contributed by atoms with van der Waals surface area (Å²) in [6, 6.07) is 11.3. The molecule has 1 N–H and O–H groups in total. The Balaban J connectivity index is 2.04. The van der Waals surface area contributed by atoms with Crippen LogP contribution in [0.2, 0.25) is 18.1 Å². The molecule has 1 heterocycles. The average molecular weight is 328 g/mol. The first-order chi connectivity index (χ1) is 10.7. The lowest BCUT2D eigenvalue weighted by Crippen LogP contribution is -2.39. The van der Waals surface area contributed by atoms with Gasteiger partial charge in [-0.2, -0.15) is 0 Å². The van der Waals surface area contributed by atoms with Crippen LogP contribution in [0.15, 0.2) is 48.8 Å². The van der Waals surface area contributed by atoms with Gasteiger partial charge in [-0.3, -0.25) is 9.78 Å². The molecule has 23 heavy (non-hydrogen) atoms. The number of pyridine rings is 1. The summed E-state index contributed by atoms with van der Waals surface area (Å²) in [5.41, 5.74) is 2.48. The maximum Gasteiger partial charge on any atom is 0.194 e. The molecule has 0 saturated carbocycles. The summed E-state index contributed by atoms with van der Waals surface area (Å²) in [6.07, 6.45) is 5.10. The van der Waals surface area contributed by atoms with E-state index in [4.69, 9.17) is 0 Å². The van der Waals surface area contributed by atoms with E-state index in [1.54, 1.807) is 24.5 Å². The van der Waals surface area contributed by atoms with Gasteiger partial charge in [-0.25, -0.2) is 0 Å². The SMILES string of the molecule is CC(C)(CCc1ccc(C(=O)c2cccnc2)cc1)[Si](C)(C)O. The van der Waals surface area contributed by atoms with E-state index in [1.807, 2.05) is 37.4 Å². The molecule has 0 aliphatic carbocycles. The van der Waals surface area contributed by atoms with Crippen molar-refractivity contribution in [2.45, 2.75) is 44.8 Å². The molecule has 0 saturated heterocycles. The summed E-state index contributed by atoms with van der Waals surface area (Å²) in [5, 5.41) is -0.0306. The van der Waals surface area contributed by atoms with Gasteiger partial charge in [0.2, 0.25) is 0 Å². The molecule has 0 unspecified atom stereocenters. The minimum absolute atomic E-state index is 0.00567. The van der Waals surface area contributed by atoms with E-state index in [0.29, 0.717) is 11.1 Å². The van der Waals surface area contributed by atoms with Crippen molar-refractivity contribution in [3.8, 4) is 0 Å². The Labute approximate surface area is 139 Å². The number of hydrogen-bond acceptors (Lipinski definition) is 3. The van der Waals surface area contributed by atoms with Crippen molar-refractivity contribution in [2.75, 3.05) is 0 Å². The fourth-order valence-corrected chi connectivity index (χ4v) is 2.99. The molecule has 0 fully saturated rings. The highest BCUT2D eigenvalue weighted by atomic mass is 28.4. The molecule has 0 bridgehead atoms. The van der Waals surface area contributed by atoms with Crippen LogP contribution in [-0.2, 0) is 6.42 Å². The standard InChI is InChI=1S/C19H25NO2Si/c1-19(2,23(3,4)22)12-11-15-7-9-16(10-8-15)18(21)17-6-5-13-20-14-17/h5-10,13-14,22H,11-12H2,1-4H3. The van der Waals surface area contributed by atoms with E-state index in [-0.39, 0.29) is 10.8 Å². The van der Waals surface area contributed by atoms with Gasteiger partial charge in [-0.1, -0.05) is 38.1 Å². The number of rotatable bonds is 6. The number of benzene rings is 1. The third-order valence-electron chi connectivity index (χ3n) is 4.83. The zero-order valence-electron chi connectivity index (χ0n) is 14.3. The maximum atomic E-state index is 12.3. The number of ketones is 1. The molecule has 1 aromatic carbocycles. The molecule has 2 aromatic rings. The lowest BCUT2D eigenvalue weighted by Gasteiger charge is -2.35. The van der Waals surface area contributed by atoms with Gasteiger partial charge < -0.3 is 4.80 Å². The topological polar surface area (TPSA) is 50.2 Å². The van der Waals surface area contributed by atoms with Gasteiger partial charge in [0, 0.05) is 23.5 Å². The highest BCUT2D eigenvalue weighted by molar-refractivity contribution is 6.72. The Kier molecular flexibility index (Phi) is 5.17. The molecule has 3 nitrogen and oxygen atoms in total. The number of nitrogens with zero attached hydrogens (tertiary/aromatic N) is 1. The van der Waals surface area contributed by atoms with E-state index in [1.165, 1.54) is 5.56 Å². The van der Waals surface area contributed by atoms with Crippen LogP contribution in [-0.4, -0.2) is 23.9 Å². The second-order valence-electron chi connectivity index (χ2n) is 7.21. The number of carbonyl (C=O) groups excluding carboxylic acids is 1. The lowest BCUT2D eigenvalue weighted by atomic mass is 9.99. The smallest absolute Gasteiger partial charge is 0.194 e. The second kappa shape index (κ2) is 6.77. The highest BCUT2D eigenvalue weighted by Gasteiger charge is 2.37. The van der Waals surface area contributed by atoms with Crippen molar-refractivity contribution < 1.29 is 9.59 Å². The Morgan fingerprint density at radius 1 is 1.13 bits per heavy atom. The van der Waals surface area contributed by atoms with Crippen molar-refractivity contribution in [3.05, 3.63) is 65.5 Å². The van der Waals surface area contributed by atoms with Crippen LogP contribution in [0.4, 0.5) is 0 Å². The van der Waals surface area contributed by atoms with Gasteiger partial charge in [0.15, 0.2) is 14.1 Å². The molecular formula is C19H25NO2Si. The molecule has 0 spiro atoms. The first-order valence-electron chi connectivity index (χ1n) is 7.97. The van der Waals surface area contributed by atoms with Crippen LogP contribution in [0.1, 0.15) is 41.8 Å². The van der Waals surface area contributed by atoms with E-state index in [9.17, 15) is 9.59 Å². The highest BCUT2D eigenvalue weighted by Crippen LogP contribution is 2.39. The van der Waals surface area contributed by atoms with Gasteiger partial charge in [0.25, 0.3) is 0 Å². The molecule has 2 rings (SSSR count). The molecule has 0 aliphatic rings. The van der Waals surface area contributed by atoms with E-state index in [2.05, 4.69) is 18.8 Å². The molecule has 0 atom stereocenters. The number of aryl methyl sites for hydroxylation is 1. The Morgan fingerprint density at radius 2 is 1.78 bits per heavy atom. The quantitative estimate of drug-likeness (QED) is 0.638. The first kappa shape index (κ1) is 17.6. The minimum atomic E-state index is -2.17. The monoisotopic (exact) mass is 327 g/mol. The van der Waals surface area contributed by atoms with Crippen molar-refractivity contribution in [2.24, 2.45) is 0 Å². The number of carbonyl (C=O) groups is 1. The maximum absolute atomic E-state index is 12.3. The second-order valence-corrected chi connectivity index (χ2v) is 11.7. The van der Waals surface area contributed by atoms with Gasteiger partial charge in [-0.05, 0) is 48.7 Å². The van der Waals surface area contributed by atoms with Crippen LogP contribution in [0.3, 0.4) is 0 Å². The summed E-state index contributed by atoms with van der Waals surface area (Å²) in [7, 11) is -2.17. The van der Waals surface area contributed by atoms with Gasteiger partial charge in [0.1, 0.15) is 0 Å². The van der Waals surface area contributed by atoms with E-state index < -0.39 is 8.32 Å². The fourth-order valence-electron chi connectivity index (χ4n) is 2.25. The van der Waals surface area contributed by atoms with Gasteiger partial charge in [-0.15, -0.1) is 0 Å². The summed E-state index contributed by atoms with van der Waals surface area (Å²) in [6.45, 7) is 8.25. The predicted octanol–water partition coefficient (Wildman–Crippen LogP) is 4.22. The molecule has 0 radical (unpaired) electrons. The summed E-state index contributed by atoms with van der Waals surface area (Å²) >= 11 is 0.